The molecule has 0 atom stereocenters. The predicted molar refractivity (Wildman–Crippen MR) is 125 cm³/mol. The summed E-state index contributed by atoms with van der Waals surface area (Å²) in [6.45, 7) is 2.70. The zero-order valence-electron chi connectivity index (χ0n) is 18.3. The smallest absolute Gasteiger partial charge is 0.282 e. The van der Waals surface area contributed by atoms with E-state index in [9.17, 15) is 4.79 Å². The van der Waals surface area contributed by atoms with Crippen LogP contribution in [0.25, 0.3) is 6.08 Å². The normalized spacial score (nSPS) is 15.7. The number of methoxy groups -OCH3 is 1. The summed E-state index contributed by atoms with van der Waals surface area (Å²) < 4.78 is 21.6. The van der Waals surface area contributed by atoms with Crippen LogP contribution in [0.15, 0.2) is 77.4 Å². The highest BCUT2D eigenvalue weighted by atomic mass is 16.7. The molecule has 0 aliphatic carbocycles. The molecule has 0 unspecified atom stereocenters. The van der Waals surface area contributed by atoms with E-state index in [0.717, 1.165) is 22.6 Å². The quantitative estimate of drug-likeness (QED) is 0.520. The summed E-state index contributed by atoms with van der Waals surface area (Å²) in [4.78, 5) is 19.8. The van der Waals surface area contributed by atoms with Crippen molar-refractivity contribution >= 4 is 23.5 Å². The van der Waals surface area contributed by atoms with Crippen LogP contribution in [0.1, 0.15) is 18.1 Å². The maximum absolute atomic E-state index is 13.5. The van der Waals surface area contributed by atoms with Crippen LogP contribution in [-0.2, 0) is 4.79 Å². The lowest BCUT2D eigenvalue weighted by Gasteiger charge is -2.19. The second-order valence-corrected chi connectivity index (χ2v) is 7.37. The van der Waals surface area contributed by atoms with E-state index in [1.807, 2.05) is 73.7 Å². The van der Waals surface area contributed by atoms with E-state index in [2.05, 4.69) is 0 Å². The Balaban J connectivity index is 1.55. The molecule has 3 aromatic carbocycles. The van der Waals surface area contributed by atoms with Gasteiger partial charge in [0.1, 0.15) is 23.0 Å². The number of aliphatic imine (C=N–C) groups is 1. The predicted octanol–water partition coefficient (Wildman–Crippen LogP) is 4.66. The molecule has 0 fully saturated rings. The maximum atomic E-state index is 13.5. The topological polar surface area (TPSA) is 69.6 Å². The zero-order valence-corrected chi connectivity index (χ0v) is 18.3. The van der Waals surface area contributed by atoms with Crippen molar-refractivity contribution < 1.29 is 23.7 Å². The number of nitrogens with zero attached hydrogens (tertiary/aromatic N) is 2. The van der Waals surface area contributed by atoms with Gasteiger partial charge in [0, 0.05) is 5.56 Å². The Labute approximate surface area is 191 Å². The Bertz CT molecular complexity index is 1250. The summed E-state index contributed by atoms with van der Waals surface area (Å²) in [5.41, 5.74) is 2.63. The van der Waals surface area contributed by atoms with Gasteiger partial charge in [-0.2, -0.15) is 0 Å². The van der Waals surface area contributed by atoms with Crippen LogP contribution >= 0.6 is 0 Å². The number of amidine groups is 1. The van der Waals surface area contributed by atoms with Gasteiger partial charge in [-0.1, -0.05) is 6.07 Å². The minimum atomic E-state index is -0.220. The standard InChI is InChI=1S/C26H22N2O5/c1-3-31-21-11-7-19(8-12-21)28-25(18-5-9-20(30-2)10-6-18)27-22(26(28)29)14-17-4-13-23-24(15-17)33-16-32-23/h4-15H,3,16H2,1-2H3/b22-14+. The van der Waals surface area contributed by atoms with Gasteiger partial charge in [0.05, 0.1) is 19.4 Å². The van der Waals surface area contributed by atoms with Gasteiger partial charge in [0.15, 0.2) is 11.5 Å². The molecule has 2 heterocycles. The van der Waals surface area contributed by atoms with Gasteiger partial charge in [-0.05, 0) is 79.2 Å². The van der Waals surface area contributed by atoms with E-state index in [-0.39, 0.29) is 12.7 Å². The van der Waals surface area contributed by atoms with Crippen molar-refractivity contribution in [3.05, 3.63) is 83.6 Å². The Kier molecular flexibility index (Phi) is 5.44. The molecule has 33 heavy (non-hydrogen) atoms. The monoisotopic (exact) mass is 442 g/mol. The molecule has 0 aromatic heterocycles. The van der Waals surface area contributed by atoms with E-state index >= 15 is 0 Å². The van der Waals surface area contributed by atoms with Gasteiger partial charge >= 0.3 is 0 Å². The molecule has 1 amide bonds. The first kappa shape index (κ1) is 20.6. The van der Waals surface area contributed by atoms with Crippen LogP contribution in [0, 0.1) is 0 Å². The van der Waals surface area contributed by atoms with Crippen molar-refractivity contribution in [2.75, 3.05) is 25.4 Å². The first-order valence-electron chi connectivity index (χ1n) is 10.6. The average molecular weight is 442 g/mol. The Morgan fingerprint density at radius 3 is 2.42 bits per heavy atom. The van der Waals surface area contributed by atoms with Crippen LogP contribution in [0.4, 0.5) is 5.69 Å². The second kappa shape index (κ2) is 8.70. The largest absolute Gasteiger partial charge is 0.497 e. The molecule has 2 aliphatic rings. The van der Waals surface area contributed by atoms with E-state index in [1.54, 1.807) is 18.1 Å². The summed E-state index contributed by atoms with van der Waals surface area (Å²) in [6, 6.07) is 20.4. The van der Waals surface area contributed by atoms with Gasteiger partial charge in [-0.3, -0.25) is 9.69 Å². The molecule has 2 aliphatic heterocycles. The number of anilines is 1. The highest BCUT2D eigenvalue weighted by Crippen LogP contribution is 2.34. The maximum Gasteiger partial charge on any atom is 0.282 e. The van der Waals surface area contributed by atoms with Crippen molar-refractivity contribution in [2.45, 2.75) is 6.92 Å². The second-order valence-electron chi connectivity index (χ2n) is 7.37. The lowest BCUT2D eigenvalue weighted by molar-refractivity contribution is -0.113. The van der Waals surface area contributed by atoms with Gasteiger partial charge < -0.3 is 18.9 Å². The molecule has 5 rings (SSSR count). The van der Waals surface area contributed by atoms with E-state index in [1.165, 1.54) is 0 Å². The lowest BCUT2D eigenvalue weighted by atomic mass is 10.1. The Hall–Kier alpha value is -4.26. The highest BCUT2D eigenvalue weighted by Gasteiger charge is 2.32. The number of hydrogen-bond donors (Lipinski definition) is 0. The fraction of sp³-hybridized carbons (Fsp3) is 0.154. The third-order valence-electron chi connectivity index (χ3n) is 5.31. The van der Waals surface area contributed by atoms with Crippen LogP contribution in [0.3, 0.4) is 0 Å². The van der Waals surface area contributed by atoms with Crippen LogP contribution in [-0.4, -0.2) is 32.3 Å². The van der Waals surface area contributed by atoms with Crippen LogP contribution in [0.2, 0.25) is 0 Å². The summed E-state index contributed by atoms with van der Waals surface area (Å²) in [6.07, 6.45) is 1.75. The first-order chi connectivity index (χ1) is 16.2. The van der Waals surface area contributed by atoms with Gasteiger partial charge in [0.25, 0.3) is 5.91 Å². The minimum absolute atomic E-state index is 0.194. The third-order valence-corrected chi connectivity index (χ3v) is 5.31. The fourth-order valence-electron chi connectivity index (χ4n) is 3.71. The molecular weight excluding hydrogens is 420 g/mol. The Morgan fingerprint density at radius 1 is 0.970 bits per heavy atom. The summed E-state index contributed by atoms with van der Waals surface area (Å²) >= 11 is 0. The fourth-order valence-corrected chi connectivity index (χ4v) is 3.71. The van der Waals surface area contributed by atoms with E-state index in [0.29, 0.717) is 35.3 Å². The molecule has 0 saturated carbocycles. The third kappa shape index (κ3) is 4.01. The molecule has 0 saturated heterocycles. The molecular formula is C26H22N2O5. The SMILES string of the molecule is CCOc1ccc(N2C(=O)/C(=C\c3ccc4c(c3)OCO4)N=C2c2ccc(OC)cc2)cc1. The number of amides is 1. The van der Waals surface area contributed by atoms with Crippen LogP contribution in [0.5, 0.6) is 23.0 Å². The van der Waals surface area contributed by atoms with Gasteiger partial charge in [0.2, 0.25) is 6.79 Å². The molecule has 0 spiro atoms. The zero-order chi connectivity index (χ0) is 22.8. The summed E-state index contributed by atoms with van der Waals surface area (Å²) in [5.74, 6) is 3.13. The molecule has 3 aromatic rings. The molecule has 0 N–H and O–H groups in total. The summed E-state index contributed by atoms with van der Waals surface area (Å²) in [7, 11) is 1.62. The van der Waals surface area contributed by atoms with Gasteiger partial charge in [-0.15, -0.1) is 0 Å². The van der Waals surface area contributed by atoms with Crippen molar-refractivity contribution in [1.29, 1.82) is 0 Å². The first-order valence-corrected chi connectivity index (χ1v) is 10.6. The van der Waals surface area contributed by atoms with Crippen LogP contribution < -0.4 is 23.8 Å². The number of fused-ring (bicyclic) bond motifs is 1. The molecule has 166 valence electrons. The van der Waals surface area contributed by atoms with Crippen molar-refractivity contribution in [1.82, 2.24) is 0 Å². The minimum Gasteiger partial charge on any atom is -0.497 e. The van der Waals surface area contributed by atoms with Crippen molar-refractivity contribution in [3.63, 3.8) is 0 Å². The molecule has 0 bridgehead atoms. The van der Waals surface area contributed by atoms with E-state index in [4.69, 9.17) is 23.9 Å². The summed E-state index contributed by atoms with van der Waals surface area (Å²) in [5, 5.41) is 0. The van der Waals surface area contributed by atoms with Crippen molar-refractivity contribution in [2.24, 2.45) is 4.99 Å². The number of carbonyl (C=O) groups excluding carboxylic acids is 1. The van der Waals surface area contributed by atoms with Gasteiger partial charge in [-0.25, -0.2) is 4.99 Å². The average Bonchev–Trinajstić information content (AvgIpc) is 3.44. The number of carbonyl (C=O) groups is 1. The van der Waals surface area contributed by atoms with E-state index < -0.39 is 0 Å². The Morgan fingerprint density at radius 2 is 1.70 bits per heavy atom. The molecule has 7 heteroatoms. The highest BCUT2D eigenvalue weighted by molar-refractivity contribution is 6.33. The lowest BCUT2D eigenvalue weighted by Crippen LogP contribution is -2.32. The molecule has 0 radical (unpaired) electrons. The number of hydrogen-bond acceptors (Lipinski definition) is 6. The van der Waals surface area contributed by atoms with Crippen molar-refractivity contribution in [3.8, 4) is 23.0 Å². The number of rotatable bonds is 6. The molecule has 7 nitrogen and oxygen atoms in total. The number of ether oxygens (including phenoxy) is 4. The number of benzene rings is 3.